The molecule has 6 nitrogen and oxygen atoms in total. The fourth-order valence-electron chi connectivity index (χ4n) is 2.98. The Balaban J connectivity index is 1.84. The van der Waals surface area contributed by atoms with Gasteiger partial charge in [0.15, 0.2) is 17.1 Å². The highest BCUT2D eigenvalue weighted by Crippen LogP contribution is 2.32. The molecule has 0 bridgehead atoms. The summed E-state index contributed by atoms with van der Waals surface area (Å²) >= 11 is 0. The van der Waals surface area contributed by atoms with Crippen LogP contribution in [0.15, 0.2) is 22.6 Å². The number of rotatable bonds is 3. The van der Waals surface area contributed by atoms with Crippen molar-refractivity contribution in [2.75, 3.05) is 20.7 Å². The minimum Gasteiger partial charge on any atom is -0.493 e. The van der Waals surface area contributed by atoms with E-state index in [0.29, 0.717) is 36.5 Å². The second-order valence-corrected chi connectivity index (χ2v) is 5.88. The molecule has 1 aliphatic rings. The quantitative estimate of drug-likeness (QED) is 0.941. The van der Waals surface area contributed by atoms with Gasteiger partial charge in [0.2, 0.25) is 5.91 Å². The zero-order valence-electron chi connectivity index (χ0n) is 13.5. The maximum Gasteiger partial charge on any atom is 0.287 e. The van der Waals surface area contributed by atoms with E-state index < -0.39 is 0 Å². The number of amides is 2. The van der Waals surface area contributed by atoms with E-state index in [0.717, 1.165) is 10.9 Å². The van der Waals surface area contributed by atoms with Gasteiger partial charge in [-0.25, -0.2) is 0 Å². The number of carbonyl (C=O) groups is 2. The SMILES string of the molecule is COc1cccc2c(C)c(C(=O)NC3CCC(=O)N(C)C3)oc12. The molecule has 1 aromatic heterocycles. The van der Waals surface area contributed by atoms with Crippen LogP contribution in [0, 0.1) is 6.92 Å². The summed E-state index contributed by atoms with van der Waals surface area (Å²) in [4.78, 5) is 25.7. The molecule has 1 unspecified atom stereocenters. The molecule has 1 aromatic carbocycles. The van der Waals surface area contributed by atoms with Crippen molar-refractivity contribution in [2.45, 2.75) is 25.8 Å². The minimum absolute atomic E-state index is 0.0558. The average molecular weight is 316 g/mol. The molecular formula is C17H20N2O4. The van der Waals surface area contributed by atoms with E-state index in [4.69, 9.17) is 9.15 Å². The van der Waals surface area contributed by atoms with Gasteiger partial charge in [-0.2, -0.15) is 0 Å². The van der Waals surface area contributed by atoms with Gasteiger partial charge >= 0.3 is 0 Å². The Kier molecular flexibility index (Phi) is 3.98. The standard InChI is InChI=1S/C17H20N2O4/c1-10-12-5-4-6-13(22-3)16(12)23-15(10)17(21)18-11-7-8-14(20)19(2)9-11/h4-6,11H,7-9H2,1-3H3,(H,18,21). The van der Waals surface area contributed by atoms with Gasteiger partial charge in [0, 0.05) is 37.0 Å². The van der Waals surface area contributed by atoms with Crippen LogP contribution < -0.4 is 10.1 Å². The summed E-state index contributed by atoms with van der Waals surface area (Å²) < 4.78 is 11.0. The highest BCUT2D eigenvalue weighted by Gasteiger charge is 2.27. The van der Waals surface area contributed by atoms with Crippen LogP contribution in [0.5, 0.6) is 5.75 Å². The summed E-state index contributed by atoms with van der Waals surface area (Å²) in [6.45, 7) is 2.38. The maximum atomic E-state index is 12.5. The van der Waals surface area contributed by atoms with E-state index in [1.807, 2.05) is 19.1 Å². The van der Waals surface area contributed by atoms with Gasteiger partial charge in [0.1, 0.15) is 0 Å². The van der Waals surface area contributed by atoms with Crippen molar-refractivity contribution in [1.29, 1.82) is 0 Å². The van der Waals surface area contributed by atoms with Crippen LogP contribution in [0.2, 0.25) is 0 Å². The third kappa shape index (κ3) is 2.76. The number of likely N-dealkylation sites (N-methyl/N-ethyl adjacent to an activating group) is 1. The number of nitrogens with zero attached hydrogens (tertiary/aromatic N) is 1. The second-order valence-electron chi connectivity index (χ2n) is 5.88. The van der Waals surface area contributed by atoms with Gasteiger partial charge in [-0.15, -0.1) is 0 Å². The van der Waals surface area contributed by atoms with Crippen molar-refractivity contribution in [2.24, 2.45) is 0 Å². The summed E-state index contributed by atoms with van der Waals surface area (Å²) in [6, 6.07) is 5.52. The molecule has 3 rings (SSSR count). The molecule has 2 aromatic rings. The normalized spacial score (nSPS) is 18.3. The molecule has 0 saturated carbocycles. The molecule has 2 amide bonds. The number of ether oxygens (including phenoxy) is 1. The molecular weight excluding hydrogens is 296 g/mol. The Hall–Kier alpha value is -2.50. The van der Waals surface area contributed by atoms with Crippen LogP contribution in [-0.4, -0.2) is 43.5 Å². The molecule has 122 valence electrons. The van der Waals surface area contributed by atoms with Crippen molar-refractivity contribution in [1.82, 2.24) is 10.2 Å². The van der Waals surface area contributed by atoms with Gasteiger partial charge in [-0.05, 0) is 19.4 Å². The molecule has 0 aliphatic carbocycles. The number of benzene rings is 1. The van der Waals surface area contributed by atoms with Crippen molar-refractivity contribution in [3.05, 3.63) is 29.5 Å². The molecule has 23 heavy (non-hydrogen) atoms. The predicted octanol–water partition coefficient (Wildman–Crippen LogP) is 2.10. The Morgan fingerprint density at radius 2 is 2.22 bits per heavy atom. The monoisotopic (exact) mass is 316 g/mol. The van der Waals surface area contributed by atoms with Gasteiger partial charge in [-0.3, -0.25) is 9.59 Å². The molecule has 1 atom stereocenters. The number of carbonyl (C=O) groups excluding carboxylic acids is 2. The van der Waals surface area contributed by atoms with Crippen molar-refractivity contribution >= 4 is 22.8 Å². The molecule has 0 radical (unpaired) electrons. The predicted molar refractivity (Wildman–Crippen MR) is 85.6 cm³/mol. The first kappa shape index (κ1) is 15.4. The van der Waals surface area contributed by atoms with Crippen LogP contribution in [0.25, 0.3) is 11.0 Å². The van der Waals surface area contributed by atoms with Crippen LogP contribution in [-0.2, 0) is 4.79 Å². The van der Waals surface area contributed by atoms with E-state index >= 15 is 0 Å². The Bertz CT molecular complexity index is 765. The molecule has 1 fully saturated rings. The van der Waals surface area contributed by atoms with Crippen molar-refractivity contribution < 1.29 is 18.7 Å². The smallest absolute Gasteiger partial charge is 0.287 e. The Labute approximate surface area is 134 Å². The van der Waals surface area contributed by atoms with E-state index in [9.17, 15) is 9.59 Å². The summed E-state index contributed by atoms with van der Waals surface area (Å²) in [5, 5.41) is 3.82. The van der Waals surface area contributed by atoms with Crippen LogP contribution in [0.4, 0.5) is 0 Å². The van der Waals surface area contributed by atoms with Gasteiger partial charge in [0.05, 0.1) is 7.11 Å². The summed E-state index contributed by atoms with van der Waals surface area (Å²) in [5.74, 6) is 0.755. The number of hydrogen-bond acceptors (Lipinski definition) is 4. The molecule has 1 N–H and O–H groups in total. The molecule has 2 heterocycles. The Morgan fingerprint density at radius 1 is 1.43 bits per heavy atom. The number of furan rings is 1. The molecule has 1 aliphatic heterocycles. The summed E-state index contributed by atoms with van der Waals surface area (Å²) in [7, 11) is 3.32. The topological polar surface area (TPSA) is 71.8 Å². The fourth-order valence-corrected chi connectivity index (χ4v) is 2.98. The van der Waals surface area contributed by atoms with Crippen molar-refractivity contribution in [3.63, 3.8) is 0 Å². The average Bonchev–Trinajstić information content (AvgIpc) is 2.88. The van der Waals surface area contributed by atoms with Gasteiger partial charge in [-0.1, -0.05) is 12.1 Å². The molecule has 1 saturated heterocycles. The molecule has 0 spiro atoms. The number of methoxy groups -OCH3 is 1. The number of likely N-dealkylation sites (tertiary alicyclic amines) is 1. The van der Waals surface area contributed by atoms with E-state index in [1.54, 1.807) is 25.1 Å². The number of hydrogen-bond donors (Lipinski definition) is 1. The number of para-hydroxylation sites is 1. The number of aryl methyl sites for hydroxylation is 1. The first-order chi connectivity index (χ1) is 11.0. The summed E-state index contributed by atoms with van der Waals surface area (Å²) in [5.41, 5.74) is 1.37. The van der Waals surface area contributed by atoms with Gasteiger partial charge < -0.3 is 19.4 Å². The maximum absolute atomic E-state index is 12.5. The van der Waals surface area contributed by atoms with E-state index in [2.05, 4.69) is 5.32 Å². The lowest BCUT2D eigenvalue weighted by molar-refractivity contribution is -0.132. The van der Waals surface area contributed by atoms with E-state index in [1.165, 1.54) is 0 Å². The number of nitrogens with one attached hydrogen (secondary N) is 1. The van der Waals surface area contributed by atoms with Gasteiger partial charge in [0.25, 0.3) is 5.91 Å². The lowest BCUT2D eigenvalue weighted by Gasteiger charge is -2.29. The first-order valence-corrected chi connectivity index (χ1v) is 7.62. The minimum atomic E-state index is -0.256. The van der Waals surface area contributed by atoms with Crippen molar-refractivity contribution in [3.8, 4) is 5.75 Å². The number of fused-ring (bicyclic) bond motifs is 1. The largest absolute Gasteiger partial charge is 0.493 e. The lowest BCUT2D eigenvalue weighted by atomic mass is 10.1. The number of piperidine rings is 1. The second kappa shape index (κ2) is 5.95. The van der Waals surface area contributed by atoms with Crippen LogP contribution in [0.3, 0.4) is 0 Å². The third-order valence-corrected chi connectivity index (χ3v) is 4.32. The fraction of sp³-hybridized carbons (Fsp3) is 0.412. The Morgan fingerprint density at radius 3 is 2.91 bits per heavy atom. The van der Waals surface area contributed by atoms with Crippen LogP contribution >= 0.6 is 0 Å². The molecule has 6 heteroatoms. The highest BCUT2D eigenvalue weighted by atomic mass is 16.5. The summed E-state index contributed by atoms with van der Waals surface area (Å²) in [6.07, 6.45) is 1.10. The zero-order valence-corrected chi connectivity index (χ0v) is 13.5. The lowest BCUT2D eigenvalue weighted by Crippen LogP contribution is -2.48. The first-order valence-electron chi connectivity index (χ1n) is 7.62. The van der Waals surface area contributed by atoms with Crippen LogP contribution in [0.1, 0.15) is 29.0 Å². The zero-order chi connectivity index (χ0) is 16.6. The van der Waals surface area contributed by atoms with E-state index in [-0.39, 0.29) is 17.9 Å². The highest BCUT2D eigenvalue weighted by molar-refractivity contribution is 6.00. The third-order valence-electron chi connectivity index (χ3n) is 4.32.